The second-order valence-electron chi connectivity index (χ2n) is 4.39. The summed E-state index contributed by atoms with van der Waals surface area (Å²) in [7, 11) is 0. The SMILES string of the molecule is Brc1cccc2c(CNC3CCC3)coc12. The quantitative estimate of drug-likeness (QED) is 0.924. The number of hydrogen-bond donors (Lipinski definition) is 1. The lowest BCUT2D eigenvalue weighted by atomic mass is 9.93. The highest BCUT2D eigenvalue weighted by Crippen LogP contribution is 2.28. The average molecular weight is 280 g/mol. The largest absolute Gasteiger partial charge is 0.463 e. The lowest BCUT2D eigenvalue weighted by Gasteiger charge is -2.26. The number of halogens is 1. The van der Waals surface area contributed by atoms with Gasteiger partial charge in [-0.2, -0.15) is 0 Å². The average Bonchev–Trinajstić information content (AvgIpc) is 2.61. The third-order valence-corrected chi connectivity index (χ3v) is 3.94. The third-order valence-electron chi connectivity index (χ3n) is 3.32. The molecule has 3 rings (SSSR count). The smallest absolute Gasteiger partial charge is 0.148 e. The molecule has 1 heterocycles. The van der Waals surface area contributed by atoms with Gasteiger partial charge in [-0.25, -0.2) is 0 Å². The van der Waals surface area contributed by atoms with Crippen molar-refractivity contribution in [1.29, 1.82) is 0 Å². The highest BCUT2D eigenvalue weighted by Gasteiger charge is 2.17. The van der Waals surface area contributed by atoms with Gasteiger partial charge < -0.3 is 9.73 Å². The van der Waals surface area contributed by atoms with Gasteiger partial charge in [-0.1, -0.05) is 18.6 Å². The molecule has 1 aromatic carbocycles. The van der Waals surface area contributed by atoms with E-state index in [0.717, 1.165) is 22.6 Å². The molecule has 1 N–H and O–H groups in total. The van der Waals surface area contributed by atoms with Crippen molar-refractivity contribution < 1.29 is 4.42 Å². The molecule has 0 atom stereocenters. The van der Waals surface area contributed by atoms with Gasteiger partial charge in [-0.15, -0.1) is 0 Å². The predicted octanol–water partition coefficient (Wildman–Crippen LogP) is 3.84. The minimum atomic E-state index is 0.720. The minimum absolute atomic E-state index is 0.720. The Hall–Kier alpha value is -0.800. The molecule has 84 valence electrons. The van der Waals surface area contributed by atoms with Crippen LogP contribution in [0, 0.1) is 0 Å². The molecule has 0 radical (unpaired) electrons. The Morgan fingerprint density at radius 3 is 3.00 bits per heavy atom. The molecule has 16 heavy (non-hydrogen) atoms. The summed E-state index contributed by atoms with van der Waals surface area (Å²) in [5, 5.41) is 4.77. The van der Waals surface area contributed by atoms with E-state index in [-0.39, 0.29) is 0 Å². The van der Waals surface area contributed by atoms with Crippen molar-refractivity contribution >= 4 is 26.9 Å². The second kappa shape index (κ2) is 4.22. The van der Waals surface area contributed by atoms with E-state index in [4.69, 9.17) is 4.42 Å². The number of nitrogens with one attached hydrogen (secondary N) is 1. The van der Waals surface area contributed by atoms with Crippen molar-refractivity contribution in [2.45, 2.75) is 31.8 Å². The molecule has 0 spiro atoms. The van der Waals surface area contributed by atoms with Crippen molar-refractivity contribution in [3.8, 4) is 0 Å². The van der Waals surface area contributed by atoms with E-state index in [1.807, 2.05) is 12.3 Å². The van der Waals surface area contributed by atoms with Gasteiger partial charge in [0.2, 0.25) is 0 Å². The Balaban J connectivity index is 1.83. The van der Waals surface area contributed by atoms with Gasteiger partial charge in [0.25, 0.3) is 0 Å². The molecule has 2 aromatic rings. The standard InChI is InChI=1S/C13H14BrNO/c14-12-6-2-5-11-9(8-16-13(11)12)7-15-10-3-1-4-10/h2,5-6,8,10,15H,1,3-4,7H2. The first kappa shape index (κ1) is 10.4. The van der Waals surface area contributed by atoms with Crippen molar-refractivity contribution in [3.05, 3.63) is 34.5 Å². The fourth-order valence-corrected chi connectivity index (χ4v) is 2.54. The molecule has 1 fully saturated rings. The molecule has 3 heteroatoms. The number of para-hydroxylation sites is 1. The molecular formula is C13H14BrNO. The summed E-state index contributed by atoms with van der Waals surface area (Å²) in [4.78, 5) is 0. The molecule has 1 aromatic heterocycles. The lowest BCUT2D eigenvalue weighted by Crippen LogP contribution is -2.34. The Morgan fingerprint density at radius 1 is 1.38 bits per heavy atom. The first-order valence-corrected chi connectivity index (χ1v) is 6.52. The van der Waals surface area contributed by atoms with E-state index in [1.165, 1.54) is 30.2 Å². The Bertz CT molecular complexity index is 502. The molecule has 0 unspecified atom stereocenters. The number of furan rings is 1. The van der Waals surface area contributed by atoms with E-state index in [2.05, 4.69) is 33.4 Å². The zero-order chi connectivity index (χ0) is 11.0. The summed E-state index contributed by atoms with van der Waals surface area (Å²) in [6.07, 6.45) is 5.87. The molecule has 0 aliphatic heterocycles. The van der Waals surface area contributed by atoms with Crippen molar-refractivity contribution in [2.75, 3.05) is 0 Å². The van der Waals surface area contributed by atoms with Crippen LogP contribution in [-0.4, -0.2) is 6.04 Å². The van der Waals surface area contributed by atoms with Crippen LogP contribution in [-0.2, 0) is 6.54 Å². The Labute approximate surface area is 103 Å². The van der Waals surface area contributed by atoms with Crippen LogP contribution in [0.4, 0.5) is 0 Å². The van der Waals surface area contributed by atoms with E-state index in [9.17, 15) is 0 Å². The van der Waals surface area contributed by atoms with Crippen LogP contribution in [0.3, 0.4) is 0 Å². The maximum atomic E-state index is 5.58. The van der Waals surface area contributed by atoms with Gasteiger partial charge in [0.05, 0.1) is 10.7 Å². The minimum Gasteiger partial charge on any atom is -0.463 e. The molecule has 1 aliphatic carbocycles. The maximum Gasteiger partial charge on any atom is 0.148 e. The first-order chi connectivity index (χ1) is 7.84. The summed E-state index contributed by atoms with van der Waals surface area (Å²) in [6, 6.07) is 6.89. The van der Waals surface area contributed by atoms with Crippen molar-refractivity contribution in [3.63, 3.8) is 0 Å². The van der Waals surface area contributed by atoms with Gasteiger partial charge in [-0.3, -0.25) is 0 Å². The van der Waals surface area contributed by atoms with Crippen LogP contribution in [0.25, 0.3) is 11.0 Å². The van der Waals surface area contributed by atoms with Crippen LogP contribution in [0.15, 0.2) is 33.4 Å². The van der Waals surface area contributed by atoms with Gasteiger partial charge in [0.1, 0.15) is 5.58 Å². The monoisotopic (exact) mass is 279 g/mol. The van der Waals surface area contributed by atoms with Gasteiger partial charge in [-0.05, 0) is 34.8 Å². The zero-order valence-electron chi connectivity index (χ0n) is 9.00. The summed E-state index contributed by atoms with van der Waals surface area (Å²) in [6.45, 7) is 0.911. The van der Waals surface area contributed by atoms with Crippen molar-refractivity contribution in [2.24, 2.45) is 0 Å². The highest BCUT2D eigenvalue weighted by molar-refractivity contribution is 9.10. The first-order valence-electron chi connectivity index (χ1n) is 5.72. The van der Waals surface area contributed by atoms with E-state index >= 15 is 0 Å². The van der Waals surface area contributed by atoms with Crippen LogP contribution < -0.4 is 5.32 Å². The fourth-order valence-electron chi connectivity index (χ4n) is 2.08. The normalized spacial score (nSPS) is 16.6. The summed E-state index contributed by atoms with van der Waals surface area (Å²) in [5.41, 5.74) is 2.20. The summed E-state index contributed by atoms with van der Waals surface area (Å²) < 4.78 is 6.60. The van der Waals surface area contributed by atoms with Crippen LogP contribution in [0.5, 0.6) is 0 Å². The molecule has 0 amide bonds. The summed E-state index contributed by atoms with van der Waals surface area (Å²) >= 11 is 3.50. The number of hydrogen-bond acceptors (Lipinski definition) is 2. The lowest BCUT2D eigenvalue weighted by molar-refractivity contribution is 0.338. The fraction of sp³-hybridized carbons (Fsp3) is 0.385. The van der Waals surface area contributed by atoms with Gasteiger partial charge in [0, 0.05) is 23.5 Å². The highest BCUT2D eigenvalue weighted by atomic mass is 79.9. The molecule has 1 aliphatic rings. The zero-order valence-corrected chi connectivity index (χ0v) is 10.6. The Kier molecular flexibility index (Phi) is 2.74. The Morgan fingerprint density at radius 2 is 2.25 bits per heavy atom. The number of benzene rings is 1. The van der Waals surface area contributed by atoms with Crippen LogP contribution in [0.1, 0.15) is 24.8 Å². The molecule has 2 nitrogen and oxygen atoms in total. The van der Waals surface area contributed by atoms with Crippen LogP contribution >= 0.6 is 15.9 Å². The second-order valence-corrected chi connectivity index (χ2v) is 5.24. The number of fused-ring (bicyclic) bond motifs is 1. The van der Waals surface area contributed by atoms with E-state index < -0.39 is 0 Å². The molecular weight excluding hydrogens is 266 g/mol. The van der Waals surface area contributed by atoms with E-state index in [1.54, 1.807) is 0 Å². The third kappa shape index (κ3) is 1.78. The van der Waals surface area contributed by atoms with Crippen molar-refractivity contribution in [1.82, 2.24) is 5.32 Å². The molecule has 0 saturated heterocycles. The summed E-state index contributed by atoms with van der Waals surface area (Å²) in [5.74, 6) is 0. The van der Waals surface area contributed by atoms with E-state index in [0.29, 0.717) is 0 Å². The van der Waals surface area contributed by atoms with Gasteiger partial charge >= 0.3 is 0 Å². The predicted molar refractivity (Wildman–Crippen MR) is 68.4 cm³/mol. The topological polar surface area (TPSA) is 25.2 Å². The van der Waals surface area contributed by atoms with Crippen LogP contribution in [0.2, 0.25) is 0 Å². The van der Waals surface area contributed by atoms with Gasteiger partial charge in [0.15, 0.2) is 0 Å². The molecule has 0 bridgehead atoms. The molecule has 1 saturated carbocycles. The maximum absolute atomic E-state index is 5.58. The number of rotatable bonds is 3.